The standard InChI is InChI=1S/C17H26N4O3/c1-2-23-11-13-9-20(17(22)15-4-3-7-24-15)10-14-16(13)21(19-18-14)8-12-5-6-12/h12-13,15H,2-11H2,1H3/t13?,15-/m1/s1. The summed E-state index contributed by atoms with van der Waals surface area (Å²) in [7, 11) is 0. The van der Waals surface area contributed by atoms with Crippen LogP contribution in [0.3, 0.4) is 0 Å². The maximum Gasteiger partial charge on any atom is 0.252 e. The molecule has 1 aromatic heterocycles. The first-order valence-electron chi connectivity index (χ1n) is 9.16. The fraction of sp³-hybridized carbons (Fsp3) is 0.824. The summed E-state index contributed by atoms with van der Waals surface area (Å²) in [4.78, 5) is 14.6. The number of aromatic nitrogens is 3. The number of amides is 1. The number of hydrogen-bond donors (Lipinski definition) is 0. The van der Waals surface area contributed by atoms with Gasteiger partial charge in [0.1, 0.15) is 11.8 Å². The van der Waals surface area contributed by atoms with Crippen molar-refractivity contribution in [3.05, 3.63) is 11.4 Å². The van der Waals surface area contributed by atoms with Crippen LogP contribution in [0.25, 0.3) is 0 Å². The number of hydrogen-bond acceptors (Lipinski definition) is 5. The van der Waals surface area contributed by atoms with Crippen LogP contribution in [0, 0.1) is 5.92 Å². The van der Waals surface area contributed by atoms with Gasteiger partial charge in [0.05, 0.1) is 18.8 Å². The van der Waals surface area contributed by atoms with Gasteiger partial charge in [0.15, 0.2) is 0 Å². The molecule has 0 radical (unpaired) electrons. The molecule has 1 saturated heterocycles. The molecule has 0 N–H and O–H groups in total. The van der Waals surface area contributed by atoms with Crippen LogP contribution in [0.1, 0.15) is 49.9 Å². The van der Waals surface area contributed by atoms with Gasteiger partial charge >= 0.3 is 0 Å². The van der Waals surface area contributed by atoms with E-state index >= 15 is 0 Å². The molecule has 1 saturated carbocycles. The van der Waals surface area contributed by atoms with Crippen molar-refractivity contribution in [1.82, 2.24) is 19.9 Å². The number of carbonyl (C=O) groups excluding carboxylic acids is 1. The van der Waals surface area contributed by atoms with E-state index in [4.69, 9.17) is 9.47 Å². The monoisotopic (exact) mass is 334 g/mol. The zero-order chi connectivity index (χ0) is 16.5. The Morgan fingerprint density at radius 2 is 2.25 bits per heavy atom. The van der Waals surface area contributed by atoms with Crippen LogP contribution in [-0.4, -0.2) is 58.3 Å². The summed E-state index contributed by atoms with van der Waals surface area (Å²) in [5.41, 5.74) is 2.10. The van der Waals surface area contributed by atoms with Crippen molar-refractivity contribution in [3.63, 3.8) is 0 Å². The second-order valence-electron chi connectivity index (χ2n) is 7.12. The minimum absolute atomic E-state index is 0.0939. The molecule has 2 fully saturated rings. The normalized spacial score (nSPS) is 26.6. The molecule has 0 aromatic carbocycles. The maximum atomic E-state index is 12.7. The Morgan fingerprint density at radius 1 is 1.38 bits per heavy atom. The average molecular weight is 334 g/mol. The number of nitrogens with zero attached hydrogens (tertiary/aromatic N) is 4. The summed E-state index contributed by atoms with van der Waals surface area (Å²) in [5, 5.41) is 8.75. The van der Waals surface area contributed by atoms with Crippen molar-refractivity contribution in [2.45, 2.75) is 57.7 Å². The van der Waals surface area contributed by atoms with E-state index in [0.717, 1.165) is 31.0 Å². The predicted octanol–water partition coefficient (Wildman–Crippen LogP) is 1.33. The van der Waals surface area contributed by atoms with Gasteiger partial charge in [-0.1, -0.05) is 5.21 Å². The molecule has 0 spiro atoms. The summed E-state index contributed by atoms with van der Waals surface area (Å²) in [6.45, 7) is 6.14. The van der Waals surface area contributed by atoms with Crippen LogP contribution in [0.15, 0.2) is 0 Å². The Kier molecular flexibility index (Phi) is 4.54. The first-order chi connectivity index (χ1) is 11.8. The molecule has 1 aliphatic carbocycles. The van der Waals surface area contributed by atoms with E-state index in [1.54, 1.807) is 0 Å². The number of ether oxygens (including phenoxy) is 2. The highest BCUT2D eigenvalue weighted by Gasteiger charge is 2.37. The molecule has 2 atom stereocenters. The van der Waals surface area contributed by atoms with Gasteiger partial charge in [-0.05, 0) is 38.5 Å². The minimum atomic E-state index is -0.277. The van der Waals surface area contributed by atoms with Crippen LogP contribution in [0.4, 0.5) is 0 Å². The molecule has 1 unspecified atom stereocenters. The van der Waals surface area contributed by atoms with Gasteiger partial charge < -0.3 is 14.4 Å². The van der Waals surface area contributed by atoms with Crippen molar-refractivity contribution >= 4 is 5.91 Å². The van der Waals surface area contributed by atoms with Gasteiger partial charge in [0.2, 0.25) is 0 Å². The van der Waals surface area contributed by atoms with Gasteiger partial charge in [-0.3, -0.25) is 4.79 Å². The molecule has 7 heteroatoms. The lowest BCUT2D eigenvalue weighted by atomic mass is 9.98. The van der Waals surface area contributed by atoms with Crippen LogP contribution in [0.5, 0.6) is 0 Å². The lowest BCUT2D eigenvalue weighted by Gasteiger charge is -2.33. The molecule has 7 nitrogen and oxygen atoms in total. The quantitative estimate of drug-likeness (QED) is 0.785. The Labute approximate surface area is 142 Å². The third-order valence-electron chi connectivity index (χ3n) is 5.18. The zero-order valence-electron chi connectivity index (χ0n) is 14.3. The summed E-state index contributed by atoms with van der Waals surface area (Å²) in [5.74, 6) is 0.985. The lowest BCUT2D eigenvalue weighted by molar-refractivity contribution is -0.142. The largest absolute Gasteiger partial charge is 0.381 e. The molecule has 132 valence electrons. The smallest absolute Gasteiger partial charge is 0.252 e. The highest BCUT2D eigenvalue weighted by Crippen LogP contribution is 2.34. The van der Waals surface area contributed by atoms with Crippen molar-refractivity contribution in [2.24, 2.45) is 5.92 Å². The summed E-state index contributed by atoms with van der Waals surface area (Å²) < 4.78 is 13.3. The molecular weight excluding hydrogens is 308 g/mol. The Morgan fingerprint density at radius 3 is 2.96 bits per heavy atom. The number of carbonyl (C=O) groups is 1. The average Bonchev–Trinajstić information content (AvgIpc) is 3.09. The molecule has 0 bridgehead atoms. The van der Waals surface area contributed by atoms with E-state index in [1.165, 1.54) is 18.5 Å². The molecule has 3 aliphatic rings. The molecule has 2 aliphatic heterocycles. The van der Waals surface area contributed by atoms with E-state index in [9.17, 15) is 4.79 Å². The van der Waals surface area contributed by atoms with Crippen molar-refractivity contribution in [1.29, 1.82) is 0 Å². The summed E-state index contributed by atoms with van der Waals surface area (Å²) in [6.07, 6.45) is 4.09. The predicted molar refractivity (Wildman–Crippen MR) is 86.4 cm³/mol. The fourth-order valence-electron chi connectivity index (χ4n) is 3.73. The van der Waals surface area contributed by atoms with Crippen LogP contribution in [0.2, 0.25) is 0 Å². The first kappa shape index (κ1) is 16.0. The van der Waals surface area contributed by atoms with Crippen molar-refractivity contribution in [3.8, 4) is 0 Å². The van der Waals surface area contributed by atoms with Crippen molar-refractivity contribution < 1.29 is 14.3 Å². The molecule has 4 rings (SSSR count). The van der Waals surface area contributed by atoms with Gasteiger partial charge in [0, 0.05) is 32.2 Å². The molecule has 1 aromatic rings. The van der Waals surface area contributed by atoms with Gasteiger partial charge in [-0.2, -0.15) is 0 Å². The third kappa shape index (κ3) is 3.19. The van der Waals surface area contributed by atoms with Crippen LogP contribution >= 0.6 is 0 Å². The van der Waals surface area contributed by atoms with E-state index < -0.39 is 0 Å². The zero-order valence-corrected chi connectivity index (χ0v) is 14.3. The second kappa shape index (κ2) is 6.80. The van der Waals surface area contributed by atoms with Crippen LogP contribution in [-0.2, 0) is 27.4 Å². The molecular formula is C17H26N4O3. The van der Waals surface area contributed by atoms with Crippen molar-refractivity contribution in [2.75, 3.05) is 26.4 Å². The first-order valence-corrected chi connectivity index (χ1v) is 9.16. The van der Waals surface area contributed by atoms with E-state index in [-0.39, 0.29) is 17.9 Å². The molecule has 24 heavy (non-hydrogen) atoms. The third-order valence-corrected chi connectivity index (χ3v) is 5.18. The van der Waals surface area contributed by atoms with E-state index in [1.807, 2.05) is 11.8 Å². The Bertz CT molecular complexity index is 593. The highest BCUT2D eigenvalue weighted by atomic mass is 16.5. The topological polar surface area (TPSA) is 69.5 Å². The van der Waals surface area contributed by atoms with Crippen LogP contribution < -0.4 is 0 Å². The second-order valence-corrected chi connectivity index (χ2v) is 7.12. The Hall–Kier alpha value is -1.47. The Balaban J connectivity index is 1.54. The van der Waals surface area contributed by atoms with Gasteiger partial charge in [-0.25, -0.2) is 4.68 Å². The number of rotatable bonds is 6. The lowest BCUT2D eigenvalue weighted by Crippen LogP contribution is -2.44. The minimum Gasteiger partial charge on any atom is -0.381 e. The summed E-state index contributed by atoms with van der Waals surface area (Å²) >= 11 is 0. The van der Waals surface area contributed by atoms with E-state index in [2.05, 4.69) is 15.0 Å². The van der Waals surface area contributed by atoms with Gasteiger partial charge in [0.25, 0.3) is 5.91 Å². The molecule has 3 heterocycles. The van der Waals surface area contributed by atoms with Gasteiger partial charge in [-0.15, -0.1) is 5.10 Å². The SMILES string of the molecule is CCOCC1CN(C(=O)[C@H]2CCCO2)Cc2nnn(CC3CC3)c21. The maximum absolute atomic E-state index is 12.7. The molecule has 1 amide bonds. The fourth-order valence-corrected chi connectivity index (χ4v) is 3.73. The van der Waals surface area contributed by atoms with E-state index in [0.29, 0.717) is 32.9 Å². The summed E-state index contributed by atoms with van der Waals surface area (Å²) in [6, 6.07) is 0. The number of fused-ring (bicyclic) bond motifs is 1. The highest BCUT2D eigenvalue weighted by molar-refractivity contribution is 5.81.